The highest BCUT2D eigenvalue weighted by molar-refractivity contribution is 6.31. The summed E-state index contributed by atoms with van der Waals surface area (Å²) in [6, 6.07) is 8.05. The van der Waals surface area contributed by atoms with Gasteiger partial charge >= 0.3 is 5.97 Å². The van der Waals surface area contributed by atoms with Crippen LogP contribution in [0.3, 0.4) is 0 Å². The van der Waals surface area contributed by atoms with Gasteiger partial charge in [-0.1, -0.05) is 87.2 Å². The van der Waals surface area contributed by atoms with E-state index in [0.717, 1.165) is 47.5 Å². The number of quaternary nitrogens is 1. The van der Waals surface area contributed by atoms with E-state index in [1.54, 1.807) is 0 Å². The Morgan fingerprint density at radius 1 is 1.00 bits per heavy atom. The van der Waals surface area contributed by atoms with E-state index in [0.29, 0.717) is 13.2 Å². The Morgan fingerprint density at radius 3 is 2.30 bits per heavy atom. The second kappa shape index (κ2) is 17.4. The van der Waals surface area contributed by atoms with Crippen LogP contribution in [0.1, 0.15) is 90.0 Å². The number of hydrogen-bond acceptors (Lipinski definition) is 2. The molecule has 0 aliphatic carbocycles. The zero-order valence-electron chi connectivity index (χ0n) is 20.9. The summed E-state index contributed by atoms with van der Waals surface area (Å²) < 4.78 is 6.48. The number of unbranched alkanes of at least 4 members (excludes halogenated alkanes) is 7. The summed E-state index contributed by atoms with van der Waals surface area (Å²) >= 11 is 6.33. The number of halogens is 2. The summed E-state index contributed by atoms with van der Waals surface area (Å²) in [6.45, 7) is 8.56. The van der Waals surface area contributed by atoms with E-state index in [4.69, 9.17) is 16.3 Å². The molecule has 0 radical (unpaired) electrons. The Balaban J connectivity index is 0.00000544. The first-order valence-electron chi connectivity index (χ1n) is 12.9. The fraction of sp³-hybridized carbons (Fsp3) is 0.679. The Labute approximate surface area is 213 Å². The Morgan fingerprint density at radius 2 is 1.64 bits per heavy atom. The van der Waals surface area contributed by atoms with Crippen LogP contribution in [-0.4, -0.2) is 43.2 Å². The number of esters is 1. The number of hydrogen-bond donors (Lipinski definition) is 0. The molecule has 3 nitrogen and oxygen atoms in total. The predicted octanol–water partition coefficient (Wildman–Crippen LogP) is 4.52. The molecule has 1 aliphatic rings. The monoisotopic (exact) mass is 497 g/mol. The van der Waals surface area contributed by atoms with Gasteiger partial charge in [0.15, 0.2) is 6.54 Å². The number of benzene rings is 1. The Kier molecular flexibility index (Phi) is 15.8. The molecule has 1 aromatic rings. The van der Waals surface area contributed by atoms with Crippen molar-refractivity contribution in [3.05, 3.63) is 46.5 Å². The molecule has 0 spiro atoms. The van der Waals surface area contributed by atoms with E-state index < -0.39 is 0 Å². The molecular weight excluding hydrogens is 453 g/mol. The molecule has 0 aromatic heterocycles. The maximum Gasteiger partial charge on any atom is 0.361 e. The van der Waals surface area contributed by atoms with Crippen LogP contribution in [0.15, 0.2) is 35.9 Å². The van der Waals surface area contributed by atoms with E-state index in [1.165, 1.54) is 69.8 Å². The lowest BCUT2D eigenvalue weighted by molar-refractivity contribution is -0.920. The number of carbonyl (C=O) groups is 1. The first-order valence-corrected chi connectivity index (χ1v) is 13.3. The number of piperidine rings is 1. The molecule has 1 saturated heterocycles. The fourth-order valence-corrected chi connectivity index (χ4v) is 4.90. The first-order chi connectivity index (χ1) is 15.5. The van der Waals surface area contributed by atoms with Crippen molar-refractivity contribution >= 4 is 17.6 Å². The largest absolute Gasteiger partial charge is 1.00 e. The summed E-state index contributed by atoms with van der Waals surface area (Å²) in [5, 5.41) is 0.826. The summed E-state index contributed by atoms with van der Waals surface area (Å²) in [7, 11) is 0. The second-order valence-corrected chi connectivity index (χ2v) is 10.1. The molecule has 1 aromatic carbocycles. The fourth-order valence-electron chi connectivity index (χ4n) is 4.69. The van der Waals surface area contributed by atoms with Gasteiger partial charge in [-0.3, -0.25) is 0 Å². The van der Waals surface area contributed by atoms with Gasteiger partial charge in [0.05, 0.1) is 26.2 Å². The van der Waals surface area contributed by atoms with Gasteiger partial charge in [-0.25, -0.2) is 4.79 Å². The van der Waals surface area contributed by atoms with Crippen LogP contribution in [0.25, 0.3) is 0 Å². The molecule has 1 fully saturated rings. The molecule has 0 N–H and O–H groups in total. The maximum atomic E-state index is 12.6. The minimum atomic E-state index is -0.0213. The SMILES string of the molecule is CCCCCCCCCCOC(=O)C[N+]1(C/C=C(\C)Cc2ccccc2Cl)CCCCC1.[Cl-]. The number of carbonyl (C=O) groups excluding carboxylic acids is 1. The highest BCUT2D eigenvalue weighted by Crippen LogP contribution is 2.22. The van der Waals surface area contributed by atoms with Crippen LogP contribution in [0, 0.1) is 0 Å². The van der Waals surface area contributed by atoms with Crippen LogP contribution in [0.4, 0.5) is 0 Å². The smallest absolute Gasteiger partial charge is 0.361 e. The Bertz CT molecular complexity index is 699. The van der Waals surface area contributed by atoms with Crippen molar-refractivity contribution in [1.29, 1.82) is 0 Å². The normalized spacial score (nSPS) is 15.7. The van der Waals surface area contributed by atoms with Crippen molar-refractivity contribution in [3.63, 3.8) is 0 Å². The van der Waals surface area contributed by atoms with Gasteiger partial charge in [0.1, 0.15) is 0 Å². The molecule has 0 saturated carbocycles. The number of rotatable bonds is 15. The number of likely N-dealkylation sites (tertiary alicyclic amines) is 1. The van der Waals surface area contributed by atoms with Gasteiger partial charge in [-0.05, 0) is 56.7 Å². The minimum absolute atomic E-state index is 0. The second-order valence-electron chi connectivity index (χ2n) is 9.70. The van der Waals surface area contributed by atoms with Crippen molar-refractivity contribution in [2.24, 2.45) is 0 Å². The molecule has 0 unspecified atom stereocenters. The third kappa shape index (κ3) is 12.3. The molecular formula is C28H45Cl2NO2. The number of allylic oxidation sites excluding steroid dienone is 1. The van der Waals surface area contributed by atoms with Crippen molar-refractivity contribution in [1.82, 2.24) is 0 Å². The molecule has 33 heavy (non-hydrogen) atoms. The maximum absolute atomic E-state index is 12.6. The molecule has 2 rings (SSSR count). The molecule has 1 aliphatic heterocycles. The number of nitrogens with zero attached hydrogens (tertiary/aromatic N) is 1. The number of ether oxygens (including phenoxy) is 1. The van der Waals surface area contributed by atoms with Gasteiger partial charge in [0.2, 0.25) is 0 Å². The zero-order chi connectivity index (χ0) is 23.1. The van der Waals surface area contributed by atoms with Crippen LogP contribution in [-0.2, 0) is 16.0 Å². The summed E-state index contributed by atoms with van der Waals surface area (Å²) in [4.78, 5) is 12.6. The van der Waals surface area contributed by atoms with Crippen LogP contribution in [0.2, 0.25) is 5.02 Å². The van der Waals surface area contributed by atoms with E-state index in [9.17, 15) is 4.79 Å². The average Bonchev–Trinajstić information content (AvgIpc) is 2.79. The van der Waals surface area contributed by atoms with Gasteiger partial charge in [0.25, 0.3) is 0 Å². The summed E-state index contributed by atoms with van der Waals surface area (Å²) in [5.74, 6) is -0.0213. The van der Waals surface area contributed by atoms with Gasteiger partial charge in [0, 0.05) is 5.02 Å². The van der Waals surface area contributed by atoms with E-state index >= 15 is 0 Å². The summed E-state index contributed by atoms with van der Waals surface area (Å²) in [5.41, 5.74) is 2.48. The molecule has 1 heterocycles. The van der Waals surface area contributed by atoms with Gasteiger partial charge in [-0.2, -0.15) is 0 Å². The molecule has 0 bridgehead atoms. The van der Waals surface area contributed by atoms with Crippen molar-refractivity contribution < 1.29 is 26.4 Å². The van der Waals surface area contributed by atoms with Gasteiger partial charge < -0.3 is 21.6 Å². The van der Waals surface area contributed by atoms with E-state index in [2.05, 4.69) is 26.0 Å². The highest BCUT2D eigenvalue weighted by Gasteiger charge is 2.32. The third-order valence-electron chi connectivity index (χ3n) is 6.74. The van der Waals surface area contributed by atoms with Gasteiger partial charge in [-0.15, -0.1) is 0 Å². The van der Waals surface area contributed by atoms with Crippen LogP contribution in [0.5, 0.6) is 0 Å². The Hall–Kier alpha value is -1.03. The first kappa shape index (κ1) is 30.0. The highest BCUT2D eigenvalue weighted by atomic mass is 35.5. The molecule has 188 valence electrons. The van der Waals surface area contributed by atoms with E-state index in [-0.39, 0.29) is 18.4 Å². The van der Waals surface area contributed by atoms with Crippen molar-refractivity contribution in [3.8, 4) is 0 Å². The molecule has 5 heteroatoms. The summed E-state index contributed by atoms with van der Waals surface area (Å²) in [6.07, 6.45) is 16.9. The lowest BCUT2D eigenvalue weighted by atomic mass is 10.0. The van der Waals surface area contributed by atoms with Crippen molar-refractivity contribution in [2.75, 3.05) is 32.8 Å². The van der Waals surface area contributed by atoms with Crippen LogP contribution >= 0.6 is 11.6 Å². The van der Waals surface area contributed by atoms with Crippen LogP contribution < -0.4 is 12.4 Å². The lowest BCUT2D eigenvalue weighted by Crippen LogP contribution is -3.00. The van der Waals surface area contributed by atoms with Crippen molar-refractivity contribution in [2.45, 2.75) is 90.9 Å². The standard InChI is InChI=1S/C28H45ClNO2.ClH/c1-3-4-5-6-7-8-9-15-22-32-28(31)24-30(19-13-10-14-20-30)21-18-25(2)23-26-16-11-12-17-27(26)29;/h11-12,16-18H,3-10,13-15,19-24H2,1-2H3;1H/q+1;/p-1/b25-18+;. The average molecular weight is 499 g/mol. The molecule has 0 amide bonds. The zero-order valence-corrected chi connectivity index (χ0v) is 22.4. The molecule has 0 atom stereocenters. The predicted molar refractivity (Wildman–Crippen MR) is 136 cm³/mol. The minimum Gasteiger partial charge on any atom is -1.00 e. The third-order valence-corrected chi connectivity index (χ3v) is 7.11. The topological polar surface area (TPSA) is 26.3 Å². The van der Waals surface area contributed by atoms with E-state index in [1.807, 2.05) is 18.2 Å². The lowest BCUT2D eigenvalue weighted by Gasteiger charge is -2.40. The quantitative estimate of drug-likeness (QED) is 0.154.